The largest absolute Gasteiger partial charge is 0.545 e. The van der Waals surface area contributed by atoms with Crippen molar-refractivity contribution in [3.8, 4) is 0 Å². The van der Waals surface area contributed by atoms with Crippen molar-refractivity contribution < 1.29 is 19.5 Å². The second kappa shape index (κ2) is 6.90. The van der Waals surface area contributed by atoms with Gasteiger partial charge in [0.2, 0.25) is 0 Å². The summed E-state index contributed by atoms with van der Waals surface area (Å²) in [5.41, 5.74) is 1.61. The summed E-state index contributed by atoms with van der Waals surface area (Å²) in [6.07, 6.45) is 1.50. The number of nitrogens with zero attached hydrogens (tertiary/aromatic N) is 1. The second-order valence-electron chi connectivity index (χ2n) is 5.42. The molecule has 1 heterocycles. The SMILES string of the molecule is O=C([O-])c1ccc(/C=C2/NC(=O)N(Cc3ccc(Br)cc3)C2=O)cc1. The van der Waals surface area contributed by atoms with Gasteiger partial charge in [-0.1, -0.05) is 52.3 Å². The van der Waals surface area contributed by atoms with Gasteiger partial charge in [-0.25, -0.2) is 4.79 Å². The first-order valence-electron chi connectivity index (χ1n) is 7.34. The molecule has 126 valence electrons. The molecule has 3 rings (SSSR count). The van der Waals surface area contributed by atoms with E-state index in [2.05, 4.69) is 21.2 Å². The summed E-state index contributed by atoms with van der Waals surface area (Å²) in [5, 5.41) is 13.3. The molecule has 0 unspecified atom stereocenters. The summed E-state index contributed by atoms with van der Waals surface area (Å²) in [7, 11) is 0. The molecule has 1 saturated heterocycles. The van der Waals surface area contributed by atoms with Gasteiger partial charge in [0.05, 0.1) is 12.5 Å². The maximum absolute atomic E-state index is 12.4. The van der Waals surface area contributed by atoms with Gasteiger partial charge in [0, 0.05) is 4.47 Å². The van der Waals surface area contributed by atoms with Crippen molar-refractivity contribution in [2.45, 2.75) is 6.54 Å². The van der Waals surface area contributed by atoms with Crippen LogP contribution >= 0.6 is 15.9 Å². The van der Waals surface area contributed by atoms with Crippen molar-refractivity contribution in [2.75, 3.05) is 0 Å². The number of amides is 3. The fourth-order valence-electron chi connectivity index (χ4n) is 2.37. The molecule has 3 amide bonds. The van der Waals surface area contributed by atoms with Crippen LogP contribution < -0.4 is 10.4 Å². The molecule has 25 heavy (non-hydrogen) atoms. The Hall–Kier alpha value is -2.93. The van der Waals surface area contributed by atoms with E-state index in [0.717, 1.165) is 14.9 Å². The predicted octanol–water partition coefficient (Wildman–Crippen LogP) is 1.91. The molecule has 1 aliphatic heterocycles. The minimum absolute atomic E-state index is 0.0424. The number of aromatic carboxylic acids is 1. The number of rotatable bonds is 4. The van der Waals surface area contributed by atoms with E-state index < -0.39 is 17.9 Å². The maximum atomic E-state index is 12.4. The van der Waals surface area contributed by atoms with E-state index in [9.17, 15) is 19.5 Å². The minimum Gasteiger partial charge on any atom is -0.545 e. The van der Waals surface area contributed by atoms with Gasteiger partial charge in [-0.05, 0) is 34.9 Å². The predicted molar refractivity (Wildman–Crippen MR) is 92.0 cm³/mol. The van der Waals surface area contributed by atoms with Gasteiger partial charge >= 0.3 is 6.03 Å². The van der Waals surface area contributed by atoms with E-state index in [1.807, 2.05) is 24.3 Å². The van der Waals surface area contributed by atoms with Crippen LogP contribution in [0.3, 0.4) is 0 Å². The number of carbonyl (C=O) groups excluding carboxylic acids is 3. The van der Waals surface area contributed by atoms with Crippen LogP contribution in [0.15, 0.2) is 58.7 Å². The number of hydrogen-bond donors (Lipinski definition) is 1. The van der Waals surface area contributed by atoms with E-state index in [0.29, 0.717) is 5.56 Å². The number of carboxylic acids is 1. The lowest BCUT2D eigenvalue weighted by atomic mass is 10.1. The van der Waals surface area contributed by atoms with Crippen molar-refractivity contribution in [3.05, 3.63) is 75.4 Å². The lowest BCUT2D eigenvalue weighted by Crippen LogP contribution is -2.30. The van der Waals surface area contributed by atoms with Gasteiger partial charge < -0.3 is 15.2 Å². The fraction of sp³-hybridized carbons (Fsp3) is 0.0556. The number of hydrogen-bond acceptors (Lipinski definition) is 4. The Morgan fingerprint density at radius 1 is 1.08 bits per heavy atom. The topological polar surface area (TPSA) is 89.5 Å². The zero-order valence-corrected chi connectivity index (χ0v) is 14.4. The second-order valence-corrected chi connectivity index (χ2v) is 6.33. The van der Waals surface area contributed by atoms with E-state index in [1.165, 1.54) is 30.3 Å². The summed E-state index contributed by atoms with van der Waals surface area (Å²) in [5.74, 6) is -1.71. The smallest absolute Gasteiger partial charge is 0.329 e. The first-order valence-corrected chi connectivity index (χ1v) is 8.14. The van der Waals surface area contributed by atoms with Crippen molar-refractivity contribution in [2.24, 2.45) is 0 Å². The third-order valence-corrected chi connectivity index (χ3v) is 4.20. The van der Waals surface area contributed by atoms with Crippen molar-refractivity contribution >= 4 is 39.9 Å². The van der Waals surface area contributed by atoms with Crippen molar-refractivity contribution in [3.63, 3.8) is 0 Å². The van der Waals surface area contributed by atoms with Gasteiger partial charge in [0.1, 0.15) is 5.70 Å². The highest BCUT2D eigenvalue weighted by molar-refractivity contribution is 9.10. The molecule has 7 heteroatoms. The first-order chi connectivity index (χ1) is 11.9. The van der Waals surface area contributed by atoms with E-state index >= 15 is 0 Å². The Morgan fingerprint density at radius 3 is 2.32 bits per heavy atom. The normalized spacial score (nSPS) is 15.6. The molecule has 0 bridgehead atoms. The molecule has 0 aromatic heterocycles. The van der Waals surface area contributed by atoms with E-state index in [1.54, 1.807) is 0 Å². The van der Waals surface area contributed by atoms with Crippen LogP contribution in [0.5, 0.6) is 0 Å². The average Bonchev–Trinajstić information content (AvgIpc) is 2.85. The van der Waals surface area contributed by atoms with Gasteiger partial charge in [-0.2, -0.15) is 0 Å². The molecule has 2 aromatic rings. The van der Waals surface area contributed by atoms with Gasteiger partial charge in [-0.15, -0.1) is 0 Å². The lowest BCUT2D eigenvalue weighted by Gasteiger charge is -2.11. The molecule has 0 atom stereocenters. The average molecular weight is 400 g/mol. The van der Waals surface area contributed by atoms with Gasteiger partial charge in [0.15, 0.2) is 0 Å². The highest BCUT2D eigenvalue weighted by atomic mass is 79.9. The highest BCUT2D eigenvalue weighted by Crippen LogP contribution is 2.18. The molecular weight excluding hydrogens is 388 g/mol. The van der Waals surface area contributed by atoms with Gasteiger partial charge in [0.25, 0.3) is 5.91 Å². The third kappa shape index (κ3) is 3.77. The van der Waals surface area contributed by atoms with Crippen LogP contribution in [-0.4, -0.2) is 22.8 Å². The van der Waals surface area contributed by atoms with Crippen LogP contribution in [0.2, 0.25) is 0 Å². The van der Waals surface area contributed by atoms with Crippen molar-refractivity contribution in [1.82, 2.24) is 10.2 Å². The molecule has 0 saturated carbocycles. The summed E-state index contributed by atoms with van der Waals surface area (Å²) < 4.78 is 0.911. The number of carboxylic acid groups (broad SMARTS) is 1. The van der Waals surface area contributed by atoms with Crippen LogP contribution in [-0.2, 0) is 11.3 Å². The molecule has 1 fully saturated rings. The molecular formula is C18H12BrN2O4-. The van der Waals surface area contributed by atoms with Crippen molar-refractivity contribution in [1.29, 1.82) is 0 Å². The highest BCUT2D eigenvalue weighted by Gasteiger charge is 2.33. The van der Waals surface area contributed by atoms with E-state index in [-0.39, 0.29) is 17.8 Å². The van der Waals surface area contributed by atoms with Crippen LogP contribution in [0.1, 0.15) is 21.5 Å². The first kappa shape index (κ1) is 16.9. The number of imide groups is 1. The van der Waals surface area contributed by atoms with Crippen LogP contribution in [0, 0.1) is 0 Å². The van der Waals surface area contributed by atoms with Crippen LogP contribution in [0.25, 0.3) is 6.08 Å². The molecule has 6 nitrogen and oxygen atoms in total. The molecule has 1 aliphatic rings. The summed E-state index contributed by atoms with van der Waals surface area (Å²) in [4.78, 5) is 36.3. The Labute approximate surface area is 151 Å². The van der Waals surface area contributed by atoms with E-state index in [4.69, 9.17) is 0 Å². The number of urea groups is 1. The number of nitrogens with one attached hydrogen (secondary N) is 1. The van der Waals surface area contributed by atoms with Crippen LogP contribution in [0.4, 0.5) is 4.79 Å². The zero-order chi connectivity index (χ0) is 18.0. The lowest BCUT2D eigenvalue weighted by molar-refractivity contribution is -0.255. The number of benzene rings is 2. The molecule has 0 spiro atoms. The summed E-state index contributed by atoms with van der Waals surface area (Å²) >= 11 is 3.33. The third-order valence-electron chi connectivity index (χ3n) is 3.67. The quantitative estimate of drug-likeness (QED) is 0.627. The Bertz CT molecular complexity index is 873. The summed E-state index contributed by atoms with van der Waals surface area (Å²) in [6.45, 7) is 0.166. The molecule has 0 radical (unpaired) electrons. The summed E-state index contributed by atoms with van der Waals surface area (Å²) in [6, 6.07) is 12.7. The van der Waals surface area contributed by atoms with Gasteiger partial charge in [-0.3, -0.25) is 9.69 Å². The molecule has 2 aromatic carbocycles. The minimum atomic E-state index is -1.27. The number of carbonyl (C=O) groups is 3. The fourth-order valence-corrected chi connectivity index (χ4v) is 2.63. The molecule has 0 aliphatic carbocycles. The molecule has 1 N–H and O–H groups in total. The number of halogens is 1. The Kier molecular flexibility index (Phi) is 4.67. The monoisotopic (exact) mass is 399 g/mol. The Balaban J connectivity index is 1.78. The zero-order valence-electron chi connectivity index (χ0n) is 12.9. The maximum Gasteiger partial charge on any atom is 0.329 e. The Morgan fingerprint density at radius 2 is 1.72 bits per heavy atom. The standard InChI is InChI=1S/C18H13BrN2O4/c19-14-7-3-12(4-8-14)10-21-16(22)15(20-18(21)25)9-11-1-5-13(6-2-11)17(23)24/h1-9H,10H2,(H,20,25)(H,23,24)/p-1/b15-9+.